The molecule has 0 aliphatic heterocycles. The quantitative estimate of drug-likeness (QED) is 0.687. The highest BCUT2D eigenvalue weighted by atomic mass is 16.5. The van der Waals surface area contributed by atoms with Gasteiger partial charge in [0.1, 0.15) is 5.75 Å². The average molecular weight is 278 g/mol. The van der Waals surface area contributed by atoms with Crippen LogP contribution in [0.25, 0.3) is 10.8 Å². The maximum absolute atomic E-state index is 5.91. The van der Waals surface area contributed by atoms with Crippen LogP contribution in [0.15, 0.2) is 60.7 Å². The second-order valence-electron chi connectivity index (χ2n) is 4.91. The number of anilines is 3. The molecule has 0 aromatic heterocycles. The number of nitrogen functional groups attached to an aromatic ring is 1. The van der Waals surface area contributed by atoms with Crippen molar-refractivity contribution >= 4 is 27.8 Å². The topological polar surface area (TPSA) is 47.3 Å². The van der Waals surface area contributed by atoms with Gasteiger partial charge in [-0.15, -0.1) is 0 Å². The molecule has 3 aromatic carbocycles. The lowest BCUT2D eigenvalue weighted by Crippen LogP contribution is -1.96. The molecule has 0 spiro atoms. The third-order valence-electron chi connectivity index (χ3n) is 3.28. The molecule has 0 atom stereocenters. The lowest BCUT2D eigenvalue weighted by molar-refractivity contribution is 0.340. The molecule has 0 heterocycles. The van der Waals surface area contributed by atoms with Gasteiger partial charge in [0, 0.05) is 29.2 Å². The second-order valence-corrected chi connectivity index (χ2v) is 4.91. The molecule has 0 saturated carbocycles. The van der Waals surface area contributed by atoms with Crippen molar-refractivity contribution in [1.29, 1.82) is 0 Å². The summed E-state index contributed by atoms with van der Waals surface area (Å²) in [4.78, 5) is 0. The van der Waals surface area contributed by atoms with E-state index in [4.69, 9.17) is 10.5 Å². The smallest absolute Gasteiger partial charge is 0.123 e. The monoisotopic (exact) mass is 278 g/mol. The first-order chi connectivity index (χ1) is 10.2. The maximum Gasteiger partial charge on any atom is 0.123 e. The number of nitrogens with one attached hydrogen (secondary N) is 1. The summed E-state index contributed by atoms with van der Waals surface area (Å²) in [5.41, 5.74) is 8.55. The van der Waals surface area contributed by atoms with Crippen LogP contribution in [0.4, 0.5) is 17.1 Å². The number of benzene rings is 3. The van der Waals surface area contributed by atoms with E-state index in [1.54, 1.807) is 0 Å². The van der Waals surface area contributed by atoms with Gasteiger partial charge < -0.3 is 15.8 Å². The largest absolute Gasteiger partial charge is 0.494 e. The molecule has 0 amide bonds. The molecule has 0 aliphatic rings. The number of nitrogens with two attached hydrogens (primary N) is 1. The summed E-state index contributed by atoms with van der Waals surface area (Å²) in [7, 11) is 0. The molecule has 0 aliphatic carbocycles. The van der Waals surface area contributed by atoms with Crippen LogP contribution in [-0.2, 0) is 0 Å². The summed E-state index contributed by atoms with van der Waals surface area (Å²) in [6.07, 6.45) is 0. The molecular formula is C18H18N2O. The molecule has 0 unspecified atom stereocenters. The van der Waals surface area contributed by atoms with E-state index >= 15 is 0 Å². The van der Waals surface area contributed by atoms with Crippen molar-refractivity contribution in [2.75, 3.05) is 17.7 Å². The van der Waals surface area contributed by atoms with Crippen LogP contribution in [0, 0.1) is 0 Å². The van der Waals surface area contributed by atoms with Crippen molar-refractivity contribution < 1.29 is 4.74 Å². The van der Waals surface area contributed by atoms with E-state index in [0.29, 0.717) is 12.3 Å². The van der Waals surface area contributed by atoms with Crippen molar-refractivity contribution in [3.63, 3.8) is 0 Å². The number of fused-ring (bicyclic) bond motifs is 1. The number of hydrogen-bond donors (Lipinski definition) is 2. The zero-order chi connectivity index (χ0) is 14.7. The zero-order valence-corrected chi connectivity index (χ0v) is 12.0. The Morgan fingerprint density at radius 2 is 1.71 bits per heavy atom. The van der Waals surface area contributed by atoms with Crippen molar-refractivity contribution in [3.8, 4) is 5.75 Å². The van der Waals surface area contributed by atoms with Crippen LogP contribution in [0.3, 0.4) is 0 Å². The molecule has 3 aromatic rings. The van der Waals surface area contributed by atoms with Gasteiger partial charge in [-0.05, 0) is 35.9 Å². The normalized spacial score (nSPS) is 10.5. The van der Waals surface area contributed by atoms with Gasteiger partial charge in [0.25, 0.3) is 0 Å². The van der Waals surface area contributed by atoms with E-state index < -0.39 is 0 Å². The summed E-state index contributed by atoms with van der Waals surface area (Å²) >= 11 is 0. The predicted molar refractivity (Wildman–Crippen MR) is 89.3 cm³/mol. The minimum absolute atomic E-state index is 0.624. The van der Waals surface area contributed by atoms with E-state index in [1.807, 2.05) is 37.3 Å². The van der Waals surface area contributed by atoms with Crippen LogP contribution in [0.2, 0.25) is 0 Å². The lowest BCUT2D eigenvalue weighted by atomic mass is 10.1. The highest BCUT2D eigenvalue weighted by Gasteiger charge is 2.01. The molecule has 0 fully saturated rings. The van der Waals surface area contributed by atoms with Crippen LogP contribution < -0.4 is 15.8 Å². The van der Waals surface area contributed by atoms with Crippen molar-refractivity contribution in [2.45, 2.75) is 6.92 Å². The molecule has 106 valence electrons. The molecule has 0 saturated heterocycles. The maximum atomic E-state index is 5.91. The Morgan fingerprint density at radius 3 is 2.52 bits per heavy atom. The average Bonchev–Trinajstić information content (AvgIpc) is 2.47. The van der Waals surface area contributed by atoms with E-state index in [1.165, 1.54) is 10.8 Å². The minimum Gasteiger partial charge on any atom is -0.494 e. The first kappa shape index (κ1) is 13.3. The molecule has 0 bridgehead atoms. The molecule has 0 radical (unpaired) electrons. The van der Waals surface area contributed by atoms with E-state index in [2.05, 4.69) is 35.6 Å². The number of rotatable bonds is 4. The Hall–Kier alpha value is -2.68. The van der Waals surface area contributed by atoms with Gasteiger partial charge in [0.15, 0.2) is 0 Å². The molecule has 3 heteroatoms. The minimum atomic E-state index is 0.624. The molecule has 3 N–H and O–H groups in total. The lowest BCUT2D eigenvalue weighted by Gasteiger charge is -2.11. The van der Waals surface area contributed by atoms with Crippen LogP contribution >= 0.6 is 0 Å². The fourth-order valence-electron chi connectivity index (χ4n) is 2.38. The van der Waals surface area contributed by atoms with Gasteiger partial charge in [-0.2, -0.15) is 0 Å². The van der Waals surface area contributed by atoms with Crippen molar-refractivity contribution in [2.24, 2.45) is 0 Å². The molecule has 3 rings (SSSR count). The van der Waals surface area contributed by atoms with Crippen LogP contribution in [0.5, 0.6) is 5.75 Å². The van der Waals surface area contributed by atoms with Crippen LogP contribution in [0.1, 0.15) is 6.92 Å². The van der Waals surface area contributed by atoms with Gasteiger partial charge in [-0.1, -0.05) is 30.3 Å². The molecule has 3 nitrogen and oxygen atoms in total. The first-order valence-corrected chi connectivity index (χ1v) is 7.04. The summed E-state index contributed by atoms with van der Waals surface area (Å²) in [6.45, 7) is 2.58. The third kappa shape index (κ3) is 3.08. The van der Waals surface area contributed by atoms with E-state index in [-0.39, 0.29) is 0 Å². The van der Waals surface area contributed by atoms with Gasteiger partial charge >= 0.3 is 0 Å². The predicted octanol–water partition coefficient (Wildman–Crippen LogP) is 4.56. The summed E-state index contributed by atoms with van der Waals surface area (Å²) < 4.78 is 5.52. The Balaban J connectivity index is 1.90. The van der Waals surface area contributed by atoms with Gasteiger partial charge in [-0.3, -0.25) is 0 Å². The first-order valence-electron chi connectivity index (χ1n) is 7.04. The second kappa shape index (κ2) is 5.75. The van der Waals surface area contributed by atoms with Crippen molar-refractivity contribution in [3.05, 3.63) is 60.7 Å². The fourth-order valence-corrected chi connectivity index (χ4v) is 2.38. The Morgan fingerprint density at radius 1 is 0.905 bits per heavy atom. The highest BCUT2D eigenvalue weighted by molar-refractivity contribution is 5.86. The number of ether oxygens (including phenoxy) is 1. The van der Waals surface area contributed by atoms with Gasteiger partial charge in [0.05, 0.1) is 6.61 Å². The standard InChI is InChI=1S/C18H18N2O/c1-2-21-18-11-15(19)10-17(12-18)20-16-8-7-13-5-3-4-6-14(13)9-16/h3-12,20H,2,19H2,1H3. The van der Waals surface area contributed by atoms with Gasteiger partial charge in [-0.25, -0.2) is 0 Å². The van der Waals surface area contributed by atoms with E-state index in [9.17, 15) is 0 Å². The van der Waals surface area contributed by atoms with Crippen molar-refractivity contribution in [1.82, 2.24) is 0 Å². The summed E-state index contributed by atoms with van der Waals surface area (Å²) in [5, 5.41) is 5.81. The zero-order valence-electron chi connectivity index (χ0n) is 12.0. The molecule has 21 heavy (non-hydrogen) atoms. The SMILES string of the molecule is CCOc1cc(N)cc(Nc2ccc3ccccc3c2)c1. The number of hydrogen-bond acceptors (Lipinski definition) is 3. The summed E-state index contributed by atoms with van der Waals surface area (Å²) in [5.74, 6) is 0.779. The highest BCUT2D eigenvalue weighted by Crippen LogP contribution is 2.27. The summed E-state index contributed by atoms with van der Waals surface area (Å²) in [6, 6.07) is 20.3. The van der Waals surface area contributed by atoms with Crippen LogP contribution in [-0.4, -0.2) is 6.61 Å². The fraction of sp³-hybridized carbons (Fsp3) is 0.111. The Bertz CT molecular complexity index is 768. The molecular weight excluding hydrogens is 260 g/mol. The Labute approximate surface area is 124 Å². The van der Waals surface area contributed by atoms with Gasteiger partial charge in [0.2, 0.25) is 0 Å². The Kier molecular flexibility index (Phi) is 3.65. The van der Waals surface area contributed by atoms with E-state index in [0.717, 1.165) is 17.1 Å². The third-order valence-corrected chi connectivity index (χ3v) is 3.28.